The Bertz CT molecular complexity index is 1140. The maximum atomic E-state index is 12.3. The number of fused-ring (bicyclic) bond motifs is 3. The molecule has 0 aromatic heterocycles. The fraction of sp³-hybridized carbons (Fsp3) is 0.667. The highest BCUT2D eigenvalue weighted by Gasteiger charge is 2.28. The van der Waals surface area contributed by atoms with Crippen molar-refractivity contribution in [3.63, 3.8) is 0 Å². The summed E-state index contributed by atoms with van der Waals surface area (Å²) in [5.41, 5.74) is 4.81. The molecule has 0 unspecified atom stereocenters. The SMILES string of the molecule is O=C(CCOCCOCCOCCOCCOCCOCCOCCOCCOCCOCCOCCOO)OCC1c2ccccc2-c2ccccc21. The Morgan fingerprint density at radius 3 is 1.00 bits per heavy atom. The molecule has 0 amide bonds. The van der Waals surface area contributed by atoms with Crippen LogP contribution in [0.3, 0.4) is 0 Å². The van der Waals surface area contributed by atoms with Crippen LogP contribution in [0.15, 0.2) is 48.5 Å². The van der Waals surface area contributed by atoms with Gasteiger partial charge in [-0.05, 0) is 22.3 Å². The van der Waals surface area contributed by atoms with E-state index in [0.29, 0.717) is 145 Å². The molecule has 1 aliphatic carbocycles. The Hall–Kier alpha value is -2.61. The fourth-order valence-corrected chi connectivity index (χ4v) is 5.24. The molecule has 2 aromatic rings. The van der Waals surface area contributed by atoms with Crippen molar-refractivity contribution in [3.05, 3.63) is 59.7 Å². The van der Waals surface area contributed by atoms with Gasteiger partial charge in [0.15, 0.2) is 0 Å². The summed E-state index contributed by atoms with van der Waals surface area (Å²) in [5.74, 6) is -0.211. The maximum Gasteiger partial charge on any atom is 0.308 e. The van der Waals surface area contributed by atoms with Gasteiger partial charge < -0.3 is 56.8 Å². The first-order chi connectivity index (χ1) is 26.8. The second-order valence-electron chi connectivity index (χ2n) is 11.7. The van der Waals surface area contributed by atoms with Crippen molar-refractivity contribution in [2.75, 3.05) is 159 Å². The van der Waals surface area contributed by atoms with Crippen molar-refractivity contribution >= 4 is 5.97 Å². The number of rotatable bonds is 38. The third-order valence-electron chi connectivity index (χ3n) is 7.86. The Labute approximate surface area is 319 Å². The molecule has 2 aromatic carbocycles. The molecule has 0 saturated heterocycles. The molecule has 0 aliphatic heterocycles. The molecule has 15 nitrogen and oxygen atoms in total. The predicted molar refractivity (Wildman–Crippen MR) is 197 cm³/mol. The minimum atomic E-state index is -0.268. The van der Waals surface area contributed by atoms with E-state index in [-0.39, 0.29) is 31.5 Å². The van der Waals surface area contributed by atoms with Gasteiger partial charge in [-0.2, -0.15) is 0 Å². The molecule has 0 heterocycles. The number of hydrogen-bond acceptors (Lipinski definition) is 15. The maximum absolute atomic E-state index is 12.3. The molecule has 15 heteroatoms. The second kappa shape index (κ2) is 32.6. The molecule has 0 atom stereocenters. The van der Waals surface area contributed by atoms with Gasteiger partial charge in [-0.3, -0.25) is 10.1 Å². The Balaban J connectivity index is 0.947. The number of esters is 1. The minimum Gasteiger partial charge on any atom is -0.465 e. The average molecular weight is 769 g/mol. The highest BCUT2D eigenvalue weighted by atomic mass is 17.1. The van der Waals surface area contributed by atoms with Crippen molar-refractivity contribution < 1.29 is 71.8 Å². The summed E-state index contributed by atoms with van der Waals surface area (Å²) in [6, 6.07) is 16.6. The number of ether oxygens (including phenoxy) is 12. The van der Waals surface area contributed by atoms with Gasteiger partial charge in [-0.1, -0.05) is 48.5 Å². The monoisotopic (exact) mass is 768 g/mol. The second-order valence-corrected chi connectivity index (χ2v) is 11.7. The molecule has 1 aliphatic rings. The smallest absolute Gasteiger partial charge is 0.308 e. The molecule has 3 rings (SSSR count). The average Bonchev–Trinajstić information content (AvgIpc) is 3.52. The lowest BCUT2D eigenvalue weighted by Crippen LogP contribution is -2.16. The standard InChI is InChI=1S/C39H60O15/c40-39(53-33-38-36-7-3-1-5-34(36)35-6-2-4-8-37(35)38)9-10-42-11-12-43-13-14-44-15-16-45-17-18-46-19-20-47-21-22-48-23-24-49-25-26-50-27-28-51-29-30-52-31-32-54-41/h1-8,38,41H,9-33H2. The van der Waals surface area contributed by atoms with Crippen molar-refractivity contribution in [2.24, 2.45) is 0 Å². The molecule has 1 N–H and O–H groups in total. The van der Waals surface area contributed by atoms with Crippen LogP contribution in [0.1, 0.15) is 23.5 Å². The first-order valence-corrected chi connectivity index (χ1v) is 18.8. The third-order valence-corrected chi connectivity index (χ3v) is 7.86. The van der Waals surface area contributed by atoms with Gasteiger partial charge in [0, 0.05) is 5.92 Å². The van der Waals surface area contributed by atoms with Gasteiger partial charge >= 0.3 is 5.97 Å². The van der Waals surface area contributed by atoms with Crippen LogP contribution in [0, 0.1) is 0 Å². The van der Waals surface area contributed by atoms with E-state index in [2.05, 4.69) is 29.2 Å². The van der Waals surface area contributed by atoms with Crippen LogP contribution in [0.5, 0.6) is 0 Å². The Kier molecular flexibility index (Phi) is 27.6. The van der Waals surface area contributed by atoms with Crippen molar-refractivity contribution in [3.8, 4) is 11.1 Å². The van der Waals surface area contributed by atoms with Crippen LogP contribution in [0.25, 0.3) is 11.1 Å². The normalized spacial score (nSPS) is 12.3. The first kappa shape index (κ1) is 45.8. The van der Waals surface area contributed by atoms with Gasteiger partial charge in [0.25, 0.3) is 0 Å². The molecular formula is C39H60O15. The largest absolute Gasteiger partial charge is 0.465 e. The summed E-state index contributed by atoms with van der Waals surface area (Å²) in [6.45, 7) is 10.5. The summed E-state index contributed by atoms with van der Waals surface area (Å²) >= 11 is 0. The minimum absolute atomic E-state index is 0.0566. The quantitative estimate of drug-likeness (QED) is 0.0459. The van der Waals surface area contributed by atoms with Crippen molar-refractivity contribution in [1.29, 1.82) is 0 Å². The van der Waals surface area contributed by atoms with Crippen LogP contribution in [-0.4, -0.2) is 170 Å². The van der Waals surface area contributed by atoms with E-state index in [1.807, 2.05) is 24.3 Å². The van der Waals surface area contributed by atoms with Crippen molar-refractivity contribution in [1.82, 2.24) is 0 Å². The lowest BCUT2D eigenvalue weighted by atomic mass is 9.98. The summed E-state index contributed by atoms with van der Waals surface area (Å²) in [4.78, 5) is 16.2. The van der Waals surface area contributed by atoms with Gasteiger partial charge in [0.2, 0.25) is 0 Å². The van der Waals surface area contributed by atoms with Crippen LogP contribution >= 0.6 is 0 Å². The topological polar surface area (TPSA) is 157 Å². The fourth-order valence-electron chi connectivity index (χ4n) is 5.24. The zero-order chi connectivity index (χ0) is 38.0. The number of benzene rings is 2. The van der Waals surface area contributed by atoms with E-state index < -0.39 is 0 Å². The zero-order valence-electron chi connectivity index (χ0n) is 31.5. The van der Waals surface area contributed by atoms with E-state index in [9.17, 15) is 4.79 Å². The van der Waals surface area contributed by atoms with E-state index in [1.54, 1.807) is 0 Å². The molecule has 0 fully saturated rings. The zero-order valence-corrected chi connectivity index (χ0v) is 31.5. The van der Waals surface area contributed by atoms with E-state index in [1.165, 1.54) is 22.3 Å². The predicted octanol–water partition coefficient (Wildman–Crippen LogP) is 3.40. The highest BCUT2D eigenvalue weighted by Crippen LogP contribution is 2.44. The van der Waals surface area contributed by atoms with Crippen LogP contribution in [0.4, 0.5) is 0 Å². The molecular weight excluding hydrogens is 708 g/mol. The van der Waals surface area contributed by atoms with Gasteiger partial charge in [-0.25, -0.2) is 4.89 Å². The van der Waals surface area contributed by atoms with Gasteiger partial charge in [-0.15, -0.1) is 0 Å². The molecule has 0 bridgehead atoms. The Morgan fingerprint density at radius 1 is 0.407 bits per heavy atom. The van der Waals surface area contributed by atoms with Crippen LogP contribution < -0.4 is 0 Å². The summed E-state index contributed by atoms with van der Waals surface area (Å²) in [5, 5.41) is 8.16. The van der Waals surface area contributed by atoms with Crippen LogP contribution in [0.2, 0.25) is 0 Å². The molecule has 0 spiro atoms. The molecule has 0 radical (unpaired) electrons. The van der Waals surface area contributed by atoms with E-state index in [4.69, 9.17) is 62.1 Å². The highest BCUT2D eigenvalue weighted by molar-refractivity contribution is 5.79. The lowest BCUT2D eigenvalue weighted by molar-refractivity contribution is -0.249. The van der Waals surface area contributed by atoms with Gasteiger partial charge in [0.1, 0.15) is 13.2 Å². The van der Waals surface area contributed by atoms with E-state index in [0.717, 1.165) is 0 Å². The van der Waals surface area contributed by atoms with Crippen LogP contribution in [-0.2, 0) is 66.5 Å². The molecule has 306 valence electrons. The summed E-state index contributed by atoms with van der Waals surface area (Å²) in [7, 11) is 0. The lowest BCUT2D eigenvalue weighted by Gasteiger charge is -2.14. The van der Waals surface area contributed by atoms with E-state index >= 15 is 0 Å². The summed E-state index contributed by atoms with van der Waals surface area (Å²) in [6.07, 6.45) is 0.201. The Morgan fingerprint density at radius 2 is 0.685 bits per heavy atom. The summed E-state index contributed by atoms with van der Waals surface area (Å²) < 4.78 is 65.4. The molecule has 54 heavy (non-hydrogen) atoms. The number of carbonyl (C=O) groups excluding carboxylic acids is 1. The van der Waals surface area contributed by atoms with Gasteiger partial charge in [0.05, 0.1) is 152 Å². The van der Waals surface area contributed by atoms with Crippen molar-refractivity contribution in [2.45, 2.75) is 12.3 Å². The number of hydrogen-bond donors (Lipinski definition) is 1. The molecule has 0 saturated carbocycles. The first-order valence-electron chi connectivity index (χ1n) is 18.8. The third kappa shape index (κ3) is 21.5. The number of carbonyl (C=O) groups is 1.